The molecule has 25 heavy (non-hydrogen) atoms. The van der Waals surface area contributed by atoms with Crippen LogP contribution >= 0.6 is 11.6 Å². The van der Waals surface area contributed by atoms with Gasteiger partial charge in [-0.1, -0.05) is 35.4 Å². The first-order valence-electron chi connectivity index (χ1n) is 7.14. The number of alkyl halides is 3. The van der Waals surface area contributed by atoms with Gasteiger partial charge in [0.05, 0.1) is 27.7 Å². The van der Waals surface area contributed by atoms with E-state index in [1.807, 2.05) is 0 Å². The molecule has 8 heteroatoms. The highest BCUT2D eigenvalue weighted by Gasteiger charge is 2.35. The van der Waals surface area contributed by atoms with Crippen LogP contribution < -0.4 is 4.31 Å². The molecule has 2 rings (SSSR count). The molecule has 0 N–H and O–H groups in total. The molecule has 0 unspecified atom stereocenters. The van der Waals surface area contributed by atoms with Crippen molar-refractivity contribution in [3.05, 3.63) is 71.3 Å². The summed E-state index contributed by atoms with van der Waals surface area (Å²) in [6.07, 6.45) is -3.39. The van der Waals surface area contributed by atoms with Crippen LogP contribution in [0.5, 0.6) is 0 Å². The predicted octanol–water partition coefficient (Wildman–Crippen LogP) is 5.05. The van der Waals surface area contributed by atoms with Crippen molar-refractivity contribution in [1.29, 1.82) is 0 Å². The number of benzene rings is 2. The summed E-state index contributed by atoms with van der Waals surface area (Å²) >= 11 is 5.60. The third kappa shape index (κ3) is 4.16. The topological polar surface area (TPSA) is 37.4 Å². The van der Waals surface area contributed by atoms with E-state index in [1.165, 1.54) is 24.3 Å². The molecule has 0 atom stereocenters. The molecule has 0 saturated heterocycles. The van der Waals surface area contributed by atoms with Crippen LogP contribution in [0.15, 0.2) is 60.0 Å². The van der Waals surface area contributed by atoms with Crippen LogP contribution in [0.3, 0.4) is 0 Å². The van der Waals surface area contributed by atoms with E-state index in [1.54, 1.807) is 19.1 Å². The second kappa shape index (κ2) is 7.09. The number of aryl methyl sites for hydroxylation is 1. The summed E-state index contributed by atoms with van der Waals surface area (Å²) < 4.78 is 65.8. The van der Waals surface area contributed by atoms with Gasteiger partial charge >= 0.3 is 6.18 Å². The number of halogens is 4. The molecule has 0 bridgehead atoms. The van der Waals surface area contributed by atoms with E-state index < -0.39 is 26.8 Å². The Balaban J connectivity index is 2.58. The maximum atomic E-state index is 13.1. The zero-order valence-corrected chi connectivity index (χ0v) is 14.8. The summed E-state index contributed by atoms with van der Waals surface area (Å²) in [5.41, 5.74) is -0.378. The van der Waals surface area contributed by atoms with Crippen molar-refractivity contribution in [2.24, 2.45) is 0 Å². The number of sulfonamides is 1. The zero-order valence-electron chi connectivity index (χ0n) is 13.2. The number of hydrogen-bond donors (Lipinski definition) is 0. The fraction of sp³-hybridized carbons (Fsp3) is 0.176. The number of nitrogens with zero attached hydrogens (tertiary/aromatic N) is 1. The Morgan fingerprint density at radius 2 is 1.76 bits per heavy atom. The molecule has 0 aliphatic heterocycles. The van der Waals surface area contributed by atoms with E-state index in [2.05, 4.69) is 6.58 Å². The van der Waals surface area contributed by atoms with Gasteiger partial charge in [0.25, 0.3) is 10.0 Å². The third-order valence-electron chi connectivity index (χ3n) is 3.45. The zero-order chi connectivity index (χ0) is 18.8. The van der Waals surface area contributed by atoms with E-state index >= 15 is 0 Å². The van der Waals surface area contributed by atoms with Crippen LogP contribution in [0, 0.1) is 6.92 Å². The third-order valence-corrected chi connectivity index (χ3v) is 5.58. The van der Waals surface area contributed by atoms with Crippen molar-refractivity contribution in [2.75, 3.05) is 10.8 Å². The molecule has 0 fully saturated rings. The van der Waals surface area contributed by atoms with Crippen LogP contribution in [0.2, 0.25) is 5.02 Å². The second-order valence-electron chi connectivity index (χ2n) is 5.30. The molecular weight excluding hydrogens is 375 g/mol. The van der Waals surface area contributed by atoms with E-state index in [-0.39, 0.29) is 17.1 Å². The van der Waals surface area contributed by atoms with Crippen LogP contribution in [0.25, 0.3) is 0 Å². The van der Waals surface area contributed by atoms with Crippen LogP contribution in [0.1, 0.15) is 11.1 Å². The van der Waals surface area contributed by atoms with Crippen molar-refractivity contribution in [3.8, 4) is 0 Å². The normalized spacial score (nSPS) is 12.0. The highest BCUT2D eigenvalue weighted by Crippen LogP contribution is 2.37. The Labute approximate surface area is 149 Å². The molecule has 2 aromatic carbocycles. The fourth-order valence-electron chi connectivity index (χ4n) is 2.18. The summed E-state index contributed by atoms with van der Waals surface area (Å²) in [6, 6.07) is 9.01. The average Bonchev–Trinajstić information content (AvgIpc) is 2.52. The maximum absolute atomic E-state index is 13.1. The number of anilines is 1. The van der Waals surface area contributed by atoms with Crippen LogP contribution in [-0.4, -0.2) is 15.0 Å². The standard InChI is InChI=1S/C17H15ClF3NO2S/c1-3-10-22(25(23,24)14-7-4-12(2)5-8-14)13-6-9-16(18)15(11-13)17(19,20)21/h3-9,11H,1,10H2,2H3. The summed E-state index contributed by atoms with van der Waals surface area (Å²) in [7, 11) is -4.06. The molecule has 3 nitrogen and oxygen atoms in total. The van der Waals surface area contributed by atoms with Gasteiger partial charge in [-0.25, -0.2) is 8.42 Å². The lowest BCUT2D eigenvalue weighted by Gasteiger charge is -2.24. The highest BCUT2D eigenvalue weighted by molar-refractivity contribution is 7.92. The molecule has 2 aromatic rings. The van der Waals surface area contributed by atoms with Crippen molar-refractivity contribution < 1.29 is 21.6 Å². The van der Waals surface area contributed by atoms with Crippen molar-refractivity contribution in [1.82, 2.24) is 0 Å². The molecule has 0 aliphatic rings. The molecule has 0 saturated carbocycles. The van der Waals surface area contributed by atoms with Gasteiger partial charge in [0.15, 0.2) is 0 Å². The molecule has 0 amide bonds. The quantitative estimate of drug-likeness (QED) is 0.671. The minimum atomic E-state index is -4.69. The monoisotopic (exact) mass is 389 g/mol. The summed E-state index contributed by atoms with van der Waals surface area (Å²) in [5, 5.41) is -0.498. The minimum absolute atomic E-state index is 0.0246. The Morgan fingerprint density at radius 1 is 1.16 bits per heavy atom. The summed E-state index contributed by atoms with van der Waals surface area (Å²) in [5.74, 6) is 0. The van der Waals surface area contributed by atoms with Crippen molar-refractivity contribution in [3.63, 3.8) is 0 Å². The Kier molecular flexibility index (Phi) is 5.49. The van der Waals surface area contributed by atoms with E-state index in [4.69, 9.17) is 11.6 Å². The fourth-order valence-corrected chi connectivity index (χ4v) is 3.83. The Bertz CT molecular complexity index is 878. The van der Waals surface area contributed by atoms with Gasteiger partial charge in [0, 0.05) is 0 Å². The average molecular weight is 390 g/mol. The summed E-state index contributed by atoms with van der Waals surface area (Å²) in [6.45, 7) is 5.09. The van der Waals surface area contributed by atoms with Crippen molar-refractivity contribution in [2.45, 2.75) is 18.0 Å². The van der Waals surface area contributed by atoms with Gasteiger partial charge in [-0.3, -0.25) is 4.31 Å². The van der Waals surface area contributed by atoms with E-state index in [0.29, 0.717) is 0 Å². The molecule has 0 aliphatic carbocycles. The number of rotatable bonds is 5. The molecule has 0 aromatic heterocycles. The number of hydrogen-bond acceptors (Lipinski definition) is 2. The molecule has 0 spiro atoms. The van der Waals surface area contributed by atoms with E-state index in [9.17, 15) is 21.6 Å². The first kappa shape index (κ1) is 19.3. The Morgan fingerprint density at radius 3 is 2.28 bits per heavy atom. The molecule has 134 valence electrons. The Hall–Kier alpha value is -1.99. The van der Waals surface area contributed by atoms with Gasteiger partial charge in [0.2, 0.25) is 0 Å². The minimum Gasteiger partial charge on any atom is -0.263 e. The first-order valence-corrected chi connectivity index (χ1v) is 8.96. The first-order chi connectivity index (χ1) is 11.6. The largest absolute Gasteiger partial charge is 0.417 e. The van der Waals surface area contributed by atoms with Gasteiger partial charge in [-0.2, -0.15) is 13.2 Å². The van der Waals surface area contributed by atoms with Gasteiger partial charge in [0.1, 0.15) is 0 Å². The van der Waals surface area contributed by atoms with Crippen LogP contribution in [-0.2, 0) is 16.2 Å². The highest BCUT2D eigenvalue weighted by atomic mass is 35.5. The van der Waals surface area contributed by atoms with Gasteiger partial charge < -0.3 is 0 Å². The lowest BCUT2D eigenvalue weighted by Crippen LogP contribution is -2.31. The SMILES string of the molecule is C=CCN(c1ccc(Cl)c(C(F)(F)F)c1)S(=O)(=O)c1ccc(C)cc1. The maximum Gasteiger partial charge on any atom is 0.417 e. The van der Waals surface area contributed by atoms with E-state index in [0.717, 1.165) is 22.0 Å². The van der Waals surface area contributed by atoms with Crippen LogP contribution in [0.4, 0.5) is 18.9 Å². The van der Waals surface area contributed by atoms with Gasteiger partial charge in [-0.15, -0.1) is 6.58 Å². The lowest BCUT2D eigenvalue weighted by molar-refractivity contribution is -0.137. The predicted molar refractivity (Wildman–Crippen MR) is 92.4 cm³/mol. The molecular formula is C17H15ClF3NO2S. The second-order valence-corrected chi connectivity index (χ2v) is 7.57. The summed E-state index contributed by atoms with van der Waals surface area (Å²) in [4.78, 5) is -0.0246. The van der Waals surface area contributed by atoms with Gasteiger partial charge in [-0.05, 0) is 37.3 Å². The molecule has 0 radical (unpaired) electrons. The lowest BCUT2D eigenvalue weighted by atomic mass is 10.2. The smallest absolute Gasteiger partial charge is 0.263 e. The van der Waals surface area contributed by atoms with Crippen molar-refractivity contribution >= 4 is 27.3 Å². The molecule has 0 heterocycles.